The molecule has 0 spiro atoms. The second kappa shape index (κ2) is 6.11. The maximum Gasteiger partial charge on any atom is 0.213 e. The molecule has 0 amide bonds. The van der Waals surface area contributed by atoms with Crippen molar-refractivity contribution >= 4 is 27.3 Å². The van der Waals surface area contributed by atoms with Crippen molar-refractivity contribution in [3.05, 3.63) is 29.3 Å². The van der Waals surface area contributed by atoms with Gasteiger partial charge in [-0.25, -0.2) is 12.7 Å². The van der Waals surface area contributed by atoms with Gasteiger partial charge in [0.15, 0.2) is 0 Å². The van der Waals surface area contributed by atoms with E-state index in [0.717, 1.165) is 23.6 Å². The van der Waals surface area contributed by atoms with Gasteiger partial charge in [0.1, 0.15) is 0 Å². The van der Waals surface area contributed by atoms with Crippen LogP contribution in [-0.4, -0.2) is 37.6 Å². The monoisotopic (exact) mass is 302 g/mol. The number of nitrogens with one attached hydrogen (secondary N) is 1. The lowest BCUT2D eigenvalue weighted by Crippen LogP contribution is -2.42. The number of anilines is 1. The van der Waals surface area contributed by atoms with E-state index in [0.29, 0.717) is 19.1 Å². The molecule has 2 rings (SSSR count). The molecule has 1 aliphatic heterocycles. The summed E-state index contributed by atoms with van der Waals surface area (Å²) in [6.45, 7) is 2.89. The lowest BCUT2D eigenvalue weighted by molar-refractivity contribution is 0.330. The number of halogens is 1. The highest BCUT2D eigenvalue weighted by Gasteiger charge is 2.26. The number of piperidine rings is 1. The van der Waals surface area contributed by atoms with Crippen LogP contribution in [0.25, 0.3) is 0 Å². The van der Waals surface area contributed by atoms with Crippen molar-refractivity contribution < 1.29 is 8.42 Å². The predicted molar refractivity (Wildman–Crippen MR) is 79.1 cm³/mol. The molecule has 106 valence electrons. The van der Waals surface area contributed by atoms with E-state index >= 15 is 0 Å². The van der Waals surface area contributed by atoms with Crippen LogP contribution in [0.2, 0.25) is 5.02 Å². The molecule has 0 aromatic heterocycles. The molecular formula is C13H19ClN2O2S. The SMILES string of the molecule is CCS(=O)(=O)N1CCC(Nc2ccc(Cl)cc2)CC1. The first-order chi connectivity index (χ1) is 9.01. The van der Waals surface area contributed by atoms with Gasteiger partial charge in [0.05, 0.1) is 5.75 Å². The van der Waals surface area contributed by atoms with E-state index in [1.807, 2.05) is 24.3 Å². The van der Waals surface area contributed by atoms with Crippen LogP contribution >= 0.6 is 11.6 Å². The Kier molecular flexibility index (Phi) is 4.71. The van der Waals surface area contributed by atoms with E-state index in [-0.39, 0.29) is 5.75 Å². The summed E-state index contributed by atoms with van der Waals surface area (Å²) in [6, 6.07) is 7.90. The Balaban J connectivity index is 1.89. The van der Waals surface area contributed by atoms with Gasteiger partial charge in [-0.05, 0) is 44.0 Å². The summed E-state index contributed by atoms with van der Waals surface area (Å²) < 4.78 is 25.1. The van der Waals surface area contributed by atoms with Crippen LogP contribution in [0.4, 0.5) is 5.69 Å². The second-order valence-corrected chi connectivity index (χ2v) is 7.42. The first-order valence-corrected chi connectivity index (χ1v) is 8.50. The Morgan fingerprint density at radius 3 is 2.37 bits per heavy atom. The van der Waals surface area contributed by atoms with E-state index in [1.54, 1.807) is 11.2 Å². The summed E-state index contributed by atoms with van der Waals surface area (Å²) in [7, 11) is -3.04. The van der Waals surface area contributed by atoms with Crippen LogP contribution in [-0.2, 0) is 10.0 Å². The van der Waals surface area contributed by atoms with Gasteiger partial charge in [0.25, 0.3) is 0 Å². The fourth-order valence-corrected chi connectivity index (χ4v) is 3.50. The van der Waals surface area contributed by atoms with Crippen LogP contribution in [0.3, 0.4) is 0 Å². The fraction of sp³-hybridized carbons (Fsp3) is 0.538. The highest BCUT2D eigenvalue weighted by Crippen LogP contribution is 2.20. The molecule has 0 atom stereocenters. The summed E-state index contributed by atoms with van der Waals surface area (Å²) >= 11 is 5.84. The van der Waals surface area contributed by atoms with Crippen molar-refractivity contribution in [1.29, 1.82) is 0 Å². The maximum absolute atomic E-state index is 11.7. The van der Waals surface area contributed by atoms with Gasteiger partial charge in [0, 0.05) is 29.8 Å². The van der Waals surface area contributed by atoms with Crippen molar-refractivity contribution in [3.63, 3.8) is 0 Å². The van der Waals surface area contributed by atoms with Crippen LogP contribution < -0.4 is 5.32 Å². The Labute approximate surface area is 119 Å². The molecule has 1 aliphatic rings. The van der Waals surface area contributed by atoms with Crippen molar-refractivity contribution in [1.82, 2.24) is 4.31 Å². The molecule has 0 aliphatic carbocycles. The molecule has 1 saturated heterocycles. The van der Waals surface area contributed by atoms with Crippen molar-refractivity contribution in [2.45, 2.75) is 25.8 Å². The van der Waals surface area contributed by atoms with Gasteiger partial charge in [0.2, 0.25) is 10.0 Å². The zero-order valence-electron chi connectivity index (χ0n) is 11.0. The molecule has 0 saturated carbocycles. The number of rotatable bonds is 4. The minimum absolute atomic E-state index is 0.183. The third kappa shape index (κ3) is 3.84. The van der Waals surface area contributed by atoms with Crippen molar-refractivity contribution in [3.8, 4) is 0 Å². The van der Waals surface area contributed by atoms with E-state index in [9.17, 15) is 8.42 Å². The normalized spacial score (nSPS) is 18.4. The standard InChI is InChI=1S/C13H19ClN2O2S/c1-2-19(17,18)16-9-7-13(8-10-16)15-12-5-3-11(14)4-6-12/h3-6,13,15H,2,7-10H2,1H3. The molecule has 6 heteroatoms. The molecule has 1 aromatic rings. The quantitative estimate of drug-likeness (QED) is 0.930. The molecule has 0 bridgehead atoms. The minimum Gasteiger partial charge on any atom is -0.382 e. The Morgan fingerprint density at radius 1 is 1.26 bits per heavy atom. The summed E-state index contributed by atoms with van der Waals surface area (Å²) in [6.07, 6.45) is 1.67. The minimum atomic E-state index is -3.04. The number of hydrogen-bond donors (Lipinski definition) is 1. The molecule has 1 fully saturated rings. The maximum atomic E-state index is 11.7. The zero-order valence-corrected chi connectivity index (χ0v) is 12.5. The van der Waals surface area contributed by atoms with E-state index in [4.69, 9.17) is 11.6 Å². The average molecular weight is 303 g/mol. The lowest BCUT2D eigenvalue weighted by atomic mass is 10.1. The molecule has 1 aromatic carbocycles. The first kappa shape index (κ1) is 14.6. The summed E-state index contributed by atoms with van der Waals surface area (Å²) in [5.74, 6) is 0.183. The van der Waals surface area contributed by atoms with Gasteiger partial charge in [-0.15, -0.1) is 0 Å². The van der Waals surface area contributed by atoms with Gasteiger partial charge < -0.3 is 5.32 Å². The van der Waals surface area contributed by atoms with E-state index in [2.05, 4.69) is 5.32 Å². The molecule has 1 heterocycles. The van der Waals surface area contributed by atoms with Crippen LogP contribution in [0.5, 0.6) is 0 Å². The number of sulfonamides is 1. The van der Waals surface area contributed by atoms with Crippen LogP contribution in [0.15, 0.2) is 24.3 Å². The fourth-order valence-electron chi connectivity index (χ4n) is 2.24. The second-order valence-electron chi connectivity index (χ2n) is 4.73. The van der Waals surface area contributed by atoms with E-state index < -0.39 is 10.0 Å². The van der Waals surface area contributed by atoms with Crippen molar-refractivity contribution in [2.75, 3.05) is 24.2 Å². The molecule has 4 nitrogen and oxygen atoms in total. The Morgan fingerprint density at radius 2 is 1.84 bits per heavy atom. The molecule has 0 radical (unpaired) electrons. The number of hydrogen-bond acceptors (Lipinski definition) is 3. The Hall–Kier alpha value is -0.780. The van der Waals surface area contributed by atoms with Gasteiger partial charge in [-0.3, -0.25) is 0 Å². The smallest absolute Gasteiger partial charge is 0.213 e. The lowest BCUT2D eigenvalue weighted by Gasteiger charge is -2.31. The topological polar surface area (TPSA) is 49.4 Å². The van der Waals surface area contributed by atoms with E-state index in [1.165, 1.54) is 0 Å². The number of benzene rings is 1. The van der Waals surface area contributed by atoms with Crippen LogP contribution in [0, 0.1) is 0 Å². The molecule has 19 heavy (non-hydrogen) atoms. The largest absolute Gasteiger partial charge is 0.382 e. The zero-order chi connectivity index (χ0) is 13.9. The van der Waals surface area contributed by atoms with Crippen LogP contribution in [0.1, 0.15) is 19.8 Å². The van der Waals surface area contributed by atoms with Gasteiger partial charge in [-0.2, -0.15) is 0 Å². The highest BCUT2D eigenvalue weighted by atomic mass is 35.5. The molecular weight excluding hydrogens is 284 g/mol. The summed E-state index contributed by atoms with van der Waals surface area (Å²) in [4.78, 5) is 0. The molecule has 0 unspecified atom stereocenters. The summed E-state index contributed by atoms with van der Waals surface area (Å²) in [5, 5.41) is 4.13. The third-order valence-corrected chi connectivity index (χ3v) is 5.56. The Bertz CT molecular complexity index is 508. The summed E-state index contributed by atoms with van der Waals surface area (Å²) in [5.41, 5.74) is 1.03. The van der Waals surface area contributed by atoms with Crippen molar-refractivity contribution in [2.24, 2.45) is 0 Å². The predicted octanol–water partition coefficient (Wildman–Crippen LogP) is 2.57. The average Bonchev–Trinajstić information content (AvgIpc) is 2.42. The highest BCUT2D eigenvalue weighted by molar-refractivity contribution is 7.89. The number of nitrogens with zero attached hydrogens (tertiary/aromatic N) is 1. The van der Waals surface area contributed by atoms with Gasteiger partial charge in [-0.1, -0.05) is 11.6 Å². The van der Waals surface area contributed by atoms with Gasteiger partial charge >= 0.3 is 0 Å². The first-order valence-electron chi connectivity index (χ1n) is 6.51. The third-order valence-electron chi connectivity index (χ3n) is 3.43. The molecule has 1 N–H and O–H groups in total.